The van der Waals surface area contributed by atoms with Crippen molar-refractivity contribution in [3.63, 3.8) is 0 Å². The van der Waals surface area contributed by atoms with Crippen LogP contribution in [0.1, 0.15) is 16.8 Å². The van der Waals surface area contributed by atoms with Crippen LogP contribution in [0.2, 0.25) is 0 Å². The molecule has 2 heterocycles. The van der Waals surface area contributed by atoms with Gasteiger partial charge in [0.1, 0.15) is 5.75 Å². The van der Waals surface area contributed by atoms with Crippen LogP contribution < -0.4 is 10.1 Å². The molecular weight excluding hydrogens is 316 g/mol. The van der Waals surface area contributed by atoms with Crippen molar-refractivity contribution < 1.29 is 17.9 Å². The Morgan fingerprint density at radius 2 is 1.96 bits per heavy atom. The molecule has 6 nitrogen and oxygen atoms in total. The number of carbonyl (C=O) groups excluding carboxylic acids is 1. The lowest BCUT2D eigenvalue weighted by molar-refractivity contribution is 0.0940. The maximum absolute atomic E-state index is 12.1. The van der Waals surface area contributed by atoms with Crippen LogP contribution in [0.15, 0.2) is 48.7 Å². The quantitative estimate of drug-likeness (QED) is 0.922. The summed E-state index contributed by atoms with van der Waals surface area (Å²) in [5.74, 6) is 0.844. The van der Waals surface area contributed by atoms with Crippen molar-refractivity contribution in [3.05, 3.63) is 54.2 Å². The Hall–Kier alpha value is -2.41. The van der Waals surface area contributed by atoms with Gasteiger partial charge in [-0.05, 0) is 24.6 Å². The Kier molecular flexibility index (Phi) is 4.29. The van der Waals surface area contributed by atoms with E-state index in [0.29, 0.717) is 23.6 Å². The number of sulfone groups is 1. The lowest BCUT2D eigenvalue weighted by atomic mass is 10.2. The second kappa shape index (κ2) is 6.37. The molecule has 1 aromatic heterocycles. The summed E-state index contributed by atoms with van der Waals surface area (Å²) in [7, 11) is -3.01. The lowest BCUT2D eigenvalue weighted by Gasteiger charge is -2.11. The summed E-state index contributed by atoms with van der Waals surface area (Å²) in [6, 6.07) is 12.1. The van der Waals surface area contributed by atoms with E-state index in [9.17, 15) is 13.2 Å². The van der Waals surface area contributed by atoms with Crippen LogP contribution in [-0.4, -0.2) is 36.9 Å². The fourth-order valence-electron chi connectivity index (χ4n) is 2.36. The van der Waals surface area contributed by atoms with Crippen LogP contribution in [0.4, 0.5) is 0 Å². The average molecular weight is 332 g/mol. The number of para-hydroxylation sites is 1. The molecule has 1 N–H and O–H groups in total. The van der Waals surface area contributed by atoms with Crippen LogP contribution in [0, 0.1) is 0 Å². The van der Waals surface area contributed by atoms with E-state index < -0.39 is 9.84 Å². The Bertz CT molecular complexity index is 789. The summed E-state index contributed by atoms with van der Waals surface area (Å²) in [5.41, 5.74) is 0.370. The smallest absolute Gasteiger partial charge is 0.253 e. The summed E-state index contributed by atoms with van der Waals surface area (Å²) in [5, 5.41) is 2.72. The van der Waals surface area contributed by atoms with Gasteiger partial charge in [0.25, 0.3) is 5.91 Å². The molecule has 2 aromatic rings. The van der Waals surface area contributed by atoms with Crippen LogP contribution in [-0.2, 0) is 9.84 Å². The molecule has 7 heteroatoms. The number of nitrogens with zero attached hydrogens (tertiary/aromatic N) is 1. The Labute approximate surface area is 134 Å². The number of pyridine rings is 1. The molecule has 1 aliphatic heterocycles. The van der Waals surface area contributed by atoms with Crippen LogP contribution in [0.3, 0.4) is 0 Å². The normalized spacial score (nSPS) is 19.2. The molecule has 1 atom stereocenters. The maximum Gasteiger partial charge on any atom is 0.253 e. The fraction of sp³-hybridized carbons (Fsp3) is 0.250. The van der Waals surface area contributed by atoms with Crippen LogP contribution in [0.5, 0.6) is 11.6 Å². The van der Waals surface area contributed by atoms with Gasteiger partial charge in [-0.1, -0.05) is 18.2 Å². The molecule has 1 amide bonds. The number of hydrogen-bond donors (Lipinski definition) is 1. The Balaban J connectivity index is 1.62. The number of rotatable bonds is 4. The van der Waals surface area contributed by atoms with Gasteiger partial charge in [0, 0.05) is 18.3 Å². The Morgan fingerprint density at radius 3 is 2.57 bits per heavy atom. The van der Waals surface area contributed by atoms with Gasteiger partial charge in [-0.2, -0.15) is 0 Å². The average Bonchev–Trinajstić information content (AvgIpc) is 2.88. The second-order valence-corrected chi connectivity index (χ2v) is 7.60. The van der Waals surface area contributed by atoms with Gasteiger partial charge in [-0.25, -0.2) is 13.4 Å². The van der Waals surface area contributed by atoms with E-state index in [1.54, 1.807) is 12.1 Å². The van der Waals surface area contributed by atoms with Crippen molar-refractivity contribution in [2.75, 3.05) is 11.5 Å². The van der Waals surface area contributed by atoms with E-state index in [1.165, 1.54) is 6.20 Å². The molecule has 1 aliphatic rings. The standard InChI is InChI=1S/C16H16N2O4S/c19-16(18-13-8-9-23(20,21)11-13)12-6-7-15(17-10-12)22-14-4-2-1-3-5-14/h1-7,10,13H,8-9,11H2,(H,18,19). The van der Waals surface area contributed by atoms with Crippen molar-refractivity contribution >= 4 is 15.7 Å². The van der Waals surface area contributed by atoms with Crippen molar-refractivity contribution in [1.29, 1.82) is 0 Å². The molecule has 0 saturated carbocycles. The number of ether oxygens (including phenoxy) is 1. The zero-order valence-corrected chi connectivity index (χ0v) is 13.1. The molecule has 0 bridgehead atoms. The highest BCUT2D eigenvalue weighted by Gasteiger charge is 2.29. The molecule has 0 spiro atoms. The van der Waals surface area contributed by atoms with Crippen molar-refractivity contribution in [2.45, 2.75) is 12.5 Å². The highest BCUT2D eigenvalue weighted by molar-refractivity contribution is 7.91. The Morgan fingerprint density at radius 1 is 1.17 bits per heavy atom. The summed E-state index contributed by atoms with van der Waals surface area (Å²) in [6.07, 6.45) is 1.87. The highest BCUT2D eigenvalue weighted by Crippen LogP contribution is 2.19. The number of hydrogen-bond acceptors (Lipinski definition) is 5. The highest BCUT2D eigenvalue weighted by atomic mass is 32.2. The minimum atomic E-state index is -3.01. The fourth-order valence-corrected chi connectivity index (χ4v) is 4.04. The molecule has 3 rings (SSSR count). The number of aromatic nitrogens is 1. The molecule has 1 unspecified atom stereocenters. The lowest BCUT2D eigenvalue weighted by Crippen LogP contribution is -2.35. The zero-order valence-electron chi connectivity index (χ0n) is 12.3. The maximum atomic E-state index is 12.1. The van der Waals surface area contributed by atoms with Crippen LogP contribution in [0.25, 0.3) is 0 Å². The van der Waals surface area contributed by atoms with Gasteiger partial charge in [-0.15, -0.1) is 0 Å². The molecule has 0 aliphatic carbocycles. The van der Waals surface area contributed by atoms with E-state index >= 15 is 0 Å². The SMILES string of the molecule is O=C(NC1CCS(=O)(=O)C1)c1ccc(Oc2ccccc2)nc1. The van der Waals surface area contributed by atoms with Gasteiger partial charge < -0.3 is 10.1 Å². The first kappa shape index (κ1) is 15.5. The molecule has 1 saturated heterocycles. The topological polar surface area (TPSA) is 85.4 Å². The summed E-state index contributed by atoms with van der Waals surface area (Å²) in [4.78, 5) is 16.2. The predicted molar refractivity (Wildman–Crippen MR) is 85.3 cm³/mol. The second-order valence-electron chi connectivity index (χ2n) is 5.37. The third kappa shape index (κ3) is 4.07. The van der Waals surface area contributed by atoms with Gasteiger partial charge in [-0.3, -0.25) is 4.79 Å². The molecule has 23 heavy (non-hydrogen) atoms. The van der Waals surface area contributed by atoms with Crippen molar-refractivity contribution in [3.8, 4) is 11.6 Å². The third-order valence-electron chi connectivity index (χ3n) is 3.53. The van der Waals surface area contributed by atoms with E-state index in [2.05, 4.69) is 10.3 Å². The van der Waals surface area contributed by atoms with Gasteiger partial charge in [0.15, 0.2) is 9.84 Å². The third-order valence-corrected chi connectivity index (χ3v) is 5.30. The van der Waals surface area contributed by atoms with E-state index in [4.69, 9.17) is 4.74 Å². The molecule has 1 fully saturated rings. The predicted octanol–water partition coefficient (Wildman–Crippen LogP) is 1.79. The molecule has 120 valence electrons. The molecule has 1 aromatic carbocycles. The molecular formula is C16H16N2O4S. The van der Waals surface area contributed by atoms with E-state index in [1.807, 2.05) is 30.3 Å². The first-order chi connectivity index (χ1) is 11.0. The van der Waals surface area contributed by atoms with E-state index in [-0.39, 0.29) is 23.5 Å². The zero-order chi connectivity index (χ0) is 16.3. The summed E-state index contributed by atoms with van der Waals surface area (Å²) in [6.45, 7) is 0. The monoisotopic (exact) mass is 332 g/mol. The molecule has 0 radical (unpaired) electrons. The number of nitrogens with one attached hydrogen (secondary N) is 1. The van der Waals surface area contributed by atoms with Crippen molar-refractivity contribution in [2.24, 2.45) is 0 Å². The minimum Gasteiger partial charge on any atom is -0.439 e. The first-order valence-corrected chi connectivity index (χ1v) is 9.04. The number of amides is 1. The number of benzene rings is 1. The number of carbonyl (C=O) groups is 1. The van der Waals surface area contributed by atoms with E-state index in [0.717, 1.165) is 0 Å². The minimum absolute atomic E-state index is 0.00136. The largest absolute Gasteiger partial charge is 0.439 e. The van der Waals surface area contributed by atoms with Crippen LogP contribution >= 0.6 is 0 Å². The first-order valence-electron chi connectivity index (χ1n) is 7.22. The van der Waals surface area contributed by atoms with Gasteiger partial charge in [0.05, 0.1) is 17.1 Å². The van der Waals surface area contributed by atoms with Gasteiger partial charge >= 0.3 is 0 Å². The van der Waals surface area contributed by atoms with Gasteiger partial charge in [0.2, 0.25) is 5.88 Å². The summed E-state index contributed by atoms with van der Waals surface area (Å²) >= 11 is 0. The summed E-state index contributed by atoms with van der Waals surface area (Å²) < 4.78 is 28.3. The van der Waals surface area contributed by atoms with Crippen molar-refractivity contribution in [1.82, 2.24) is 10.3 Å².